The van der Waals surface area contributed by atoms with Crippen molar-refractivity contribution >= 4 is 0 Å². The first-order chi connectivity index (χ1) is 7.31. The van der Waals surface area contributed by atoms with Crippen LogP contribution in [0.5, 0.6) is 0 Å². The van der Waals surface area contributed by atoms with E-state index in [1.54, 1.807) is 12.1 Å². The van der Waals surface area contributed by atoms with Gasteiger partial charge in [-0.2, -0.15) is 0 Å². The molecular weight excluding hydrogens is 191 g/mol. The molecule has 0 fully saturated rings. The van der Waals surface area contributed by atoms with Gasteiger partial charge in [-0.3, -0.25) is 0 Å². The summed E-state index contributed by atoms with van der Waals surface area (Å²) >= 11 is 0. The zero-order valence-electron chi connectivity index (χ0n) is 8.80. The van der Waals surface area contributed by atoms with E-state index in [1.807, 2.05) is 6.07 Å². The molecule has 3 heteroatoms. The Hall–Kier alpha value is -0.930. The highest BCUT2D eigenvalue weighted by atomic mass is 19.1. The minimum absolute atomic E-state index is 0.128. The van der Waals surface area contributed by atoms with Crippen molar-refractivity contribution in [3.63, 3.8) is 0 Å². The lowest BCUT2D eigenvalue weighted by atomic mass is 10.1. The lowest BCUT2D eigenvalue weighted by Crippen LogP contribution is -2.22. The average Bonchev–Trinajstić information content (AvgIpc) is 2.61. The maximum Gasteiger partial charge on any atom is 0.123 e. The van der Waals surface area contributed by atoms with Crippen molar-refractivity contribution in [2.45, 2.75) is 25.3 Å². The molecule has 2 nitrogen and oxygen atoms in total. The molecule has 1 aromatic carbocycles. The van der Waals surface area contributed by atoms with Crippen LogP contribution in [-0.4, -0.2) is 13.1 Å². The molecule has 0 saturated heterocycles. The first-order valence-electron chi connectivity index (χ1n) is 5.53. The van der Waals surface area contributed by atoms with Crippen LogP contribution in [0.4, 0.5) is 4.39 Å². The lowest BCUT2D eigenvalue weighted by Gasteiger charge is -2.13. The topological polar surface area (TPSA) is 38.0 Å². The molecule has 0 amide bonds. The molecule has 1 atom stereocenters. The molecule has 1 unspecified atom stereocenters. The average molecular weight is 208 g/mol. The smallest absolute Gasteiger partial charge is 0.123 e. The van der Waals surface area contributed by atoms with E-state index >= 15 is 0 Å². The Bertz CT molecular complexity index is 338. The van der Waals surface area contributed by atoms with Gasteiger partial charge in [0, 0.05) is 6.04 Å². The van der Waals surface area contributed by atoms with Crippen LogP contribution in [0.1, 0.15) is 30.0 Å². The molecule has 2 rings (SSSR count). The molecule has 0 aromatic heterocycles. The highest BCUT2D eigenvalue weighted by Crippen LogP contribution is 2.31. The molecule has 15 heavy (non-hydrogen) atoms. The third-order valence-corrected chi connectivity index (χ3v) is 2.95. The van der Waals surface area contributed by atoms with E-state index < -0.39 is 0 Å². The normalized spacial score (nSPS) is 19.2. The highest BCUT2D eigenvalue weighted by molar-refractivity contribution is 5.34. The van der Waals surface area contributed by atoms with E-state index in [-0.39, 0.29) is 5.82 Å². The summed E-state index contributed by atoms with van der Waals surface area (Å²) in [4.78, 5) is 0. The Morgan fingerprint density at radius 3 is 3.13 bits per heavy atom. The standard InChI is InChI=1S/C12H17FN2/c13-10-3-4-11-9(8-10)2-5-12(11)15-7-1-6-14/h3-4,8,12,15H,1-2,5-7,14H2. The van der Waals surface area contributed by atoms with E-state index in [2.05, 4.69) is 5.32 Å². The van der Waals surface area contributed by atoms with Gasteiger partial charge in [0.15, 0.2) is 0 Å². The van der Waals surface area contributed by atoms with Crippen LogP contribution in [0, 0.1) is 5.82 Å². The minimum atomic E-state index is -0.128. The Morgan fingerprint density at radius 1 is 1.47 bits per heavy atom. The van der Waals surface area contributed by atoms with E-state index in [4.69, 9.17) is 5.73 Å². The summed E-state index contributed by atoms with van der Waals surface area (Å²) in [5, 5.41) is 3.46. The quantitative estimate of drug-likeness (QED) is 0.740. The highest BCUT2D eigenvalue weighted by Gasteiger charge is 2.21. The first kappa shape index (κ1) is 10.6. The molecule has 0 aliphatic heterocycles. The van der Waals surface area contributed by atoms with Gasteiger partial charge in [0.2, 0.25) is 0 Å². The molecule has 3 N–H and O–H groups in total. The second-order valence-corrected chi connectivity index (χ2v) is 4.03. The molecule has 0 spiro atoms. The molecule has 1 aromatic rings. The third kappa shape index (κ3) is 2.36. The predicted molar refractivity (Wildman–Crippen MR) is 59.1 cm³/mol. The zero-order chi connectivity index (χ0) is 10.7. The molecule has 0 bridgehead atoms. The Balaban J connectivity index is 2.02. The van der Waals surface area contributed by atoms with Crippen LogP contribution in [-0.2, 0) is 6.42 Å². The van der Waals surface area contributed by atoms with Crippen molar-refractivity contribution in [2.75, 3.05) is 13.1 Å². The van der Waals surface area contributed by atoms with E-state index in [0.29, 0.717) is 6.04 Å². The number of benzene rings is 1. The van der Waals surface area contributed by atoms with Crippen LogP contribution >= 0.6 is 0 Å². The molecule has 1 aliphatic rings. The van der Waals surface area contributed by atoms with Crippen molar-refractivity contribution in [1.82, 2.24) is 5.32 Å². The number of fused-ring (bicyclic) bond motifs is 1. The maximum atomic E-state index is 13.0. The fourth-order valence-corrected chi connectivity index (χ4v) is 2.18. The second kappa shape index (κ2) is 4.73. The summed E-state index contributed by atoms with van der Waals surface area (Å²) in [5.41, 5.74) is 7.85. The number of nitrogens with one attached hydrogen (secondary N) is 1. The van der Waals surface area contributed by atoms with Crippen LogP contribution in [0.2, 0.25) is 0 Å². The monoisotopic (exact) mass is 208 g/mol. The van der Waals surface area contributed by atoms with Gasteiger partial charge in [-0.25, -0.2) is 4.39 Å². The largest absolute Gasteiger partial charge is 0.330 e. The van der Waals surface area contributed by atoms with E-state index in [0.717, 1.165) is 37.9 Å². The Morgan fingerprint density at radius 2 is 2.33 bits per heavy atom. The van der Waals surface area contributed by atoms with Crippen molar-refractivity contribution in [2.24, 2.45) is 5.73 Å². The molecular formula is C12H17FN2. The van der Waals surface area contributed by atoms with Gasteiger partial charge in [-0.05, 0) is 55.6 Å². The van der Waals surface area contributed by atoms with Gasteiger partial charge in [-0.15, -0.1) is 0 Å². The van der Waals surface area contributed by atoms with Crippen molar-refractivity contribution in [3.05, 3.63) is 35.1 Å². The zero-order valence-corrected chi connectivity index (χ0v) is 8.80. The van der Waals surface area contributed by atoms with Crippen LogP contribution < -0.4 is 11.1 Å². The van der Waals surface area contributed by atoms with Crippen LogP contribution in [0.15, 0.2) is 18.2 Å². The fourth-order valence-electron chi connectivity index (χ4n) is 2.18. The number of hydrogen-bond acceptors (Lipinski definition) is 2. The van der Waals surface area contributed by atoms with Crippen LogP contribution in [0.25, 0.3) is 0 Å². The SMILES string of the molecule is NCCCNC1CCc2cc(F)ccc21. The number of hydrogen-bond donors (Lipinski definition) is 2. The van der Waals surface area contributed by atoms with Crippen LogP contribution in [0.3, 0.4) is 0 Å². The number of halogens is 1. The van der Waals surface area contributed by atoms with Gasteiger partial charge < -0.3 is 11.1 Å². The summed E-state index contributed by atoms with van der Waals surface area (Å²) in [7, 11) is 0. The third-order valence-electron chi connectivity index (χ3n) is 2.95. The summed E-state index contributed by atoms with van der Waals surface area (Å²) in [6.45, 7) is 1.66. The van der Waals surface area contributed by atoms with Crippen molar-refractivity contribution in [3.8, 4) is 0 Å². The molecule has 0 radical (unpaired) electrons. The van der Waals surface area contributed by atoms with Crippen molar-refractivity contribution < 1.29 is 4.39 Å². The first-order valence-corrected chi connectivity index (χ1v) is 5.53. The molecule has 0 saturated carbocycles. The predicted octanol–water partition coefficient (Wildman–Crippen LogP) is 1.75. The molecule has 0 heterocycles. The van der Waals surface area contributed by atoms with Gasteiger partial charge in [-0.1, -0.05) is 6.07 Å². The molecule has 1 aliphatic carbocycles. The maximum absolute atomic E-state index is 13.0. The fraction of sp³-hybridized carbons (Fsp3) is 0.500. The Kier molecular flexibility index (Phi) is 3.34. The van der Waals surface area contributed by atoms with Gasteiger partial charge in [0.1, 0.15) is 5.82 Å². The van der Waals surface area contributed by atoms with Gasteiger partial charge >= 0.3 is 0 Å². The minimum Gasteiger partial charge on any atom is -0.330 e. The summed E-state index contributed by atoms with van der Waals surface area (Å²) in [5.74, 6) is -0.128. The van der Waals surface area contributed by atoms with Crippen molar-refractivity contribution in [1.29, 1.82) is 0 Å². The number of aryl methyl sites for hydroxylation is 1. The Labute approximate surface area is 89.7 Å². The van der Waals surface area contributed by atoms with Gasteiger partial charge in [0.05, 0.1) is 0 Å². The summed E-state index contributed by atoms with van der Waals surface area (Å²) < 4.78 is 13.0. The number of rotatable bonds is 4. The summed E-state index contributed by atoms with van der Waals surface area (Å²) in [6.07, 6.45) is 3.05. The lowest BCUT2D eigenvalue weighted by molar-refractivity contribution is 0.523. The van der Waals surface area contributed by atoms with E-state index in [9.17, 15) is 4.39 Å². The van der Waals surface area contributed by atoms with E-state index in [1.165, 1.54) is 5.56 Å². The van der Waals surface area contributed by atoms with Gasteiger partial charge in [0.25, 0.3) is 0 Å². The summed E-state index contributed by atoms with van der Waals surface area (Å²) in [6, 6.07) is 5.49. The molecule has 82 valence electrons. The second-order valence-electron chi connectivity index (χ2n) is 4.03. The number of nitrogens with two attached hydrogens (primary N) is 1.